The molecule has 1 saturated heterocycles. The van der Waals surface area contributed by atoms with E-state index in [1.165, 1.54) is 6.20 Å². The highest BCUT2D eigenvalue weighted by Crippen LogP contribution is 2.35. The number of hydrogen-bond donors (Lipinski definition) is 5. The number of ether oxygens (including phenoxy) is 1. The van der Waals surface area contributed by atoms with Gasteiger partial charge in [0.25, 0.3) is 5.91 Å². The van der Waals surface area contributed by atoms with E-state index in [1.807, 2.05) is 24.3 Å². The van der Waals surface area contributed by atoms with E-state index in [9.17, 15) is 18.7 Å². The summed E-state index contributed by atoms with van der Waals surface area (Å²) in [6, 6.07) is 9.33. The number of aliphatic hydroxyl groups excluding tert-OH is 1. The molecule has 0 atom stereocenters. The molecule has 0 spiro atoms. The summed E-state index contributed by atoms with van der Waals surface area (Å²) in [5, 5.41) is 16.7. The first-order valence-corrected chi connectivity index (χ1v) is 11.7. The second-order valence-corrected chi connectivity index (χ2v) is 8.86. The van der Waals surface area contributed by atoms with Crippen molar-refractivity contribution in [2.45, 2.75) is 18.9 Å². The van der Waals surface area contributed by atoms with Crippen LogP contribution in [0.25, 0.3) is 10.9 Å². The Labute approximate surface area is 211 Å². The van der Waals surface area contributed by atoms with Crippen LogP contribution in [-0.2, 0) is 0 Å². The number of nitrogens with two attached hydrogens (primary N) is 1. The van der Waals surface area contributed by atoms with Crippen LogP contribution in [0.1, 0.15) is 23.2 Å². The molecule has 37 heavy (non-hydrogen) atoms. The molecule has 0 unspecified atom stereocenters. The number of aromatic amines is 1. The van der Waals surface area contributed by atoms with Gasteiger partial charge in [-0.15, -0.1) is 0 Å². The van der Waals surface area contributed by atoms with E-state index in [4.69, 9.17) is 10.5 Å². The molecule has 6 N–H and O–H groups in total. The Hall–Kier alpha value is -4.38. The number of piperidine rings is 1. The topological polar surface area (TPSA) is 129 Å². The number of fused-ring (bicyclic) bond motifs is 1. The Bertz CT molecular complexity index is 1470. The SMILES string of the molecule is COc1cc(N2CCC(O)CC2)ccc1Nc1cc2c(Nc3cc(F)c(F)cc3C(N)=O)cncc2[nH]1. The Kier molecular flexibility index (Phi) is 6.53. The number of amides is 1. The third-order valence-electron chi connectivity index (χ3n) is 6.42. The molecule has 0 saturated carbocycles. The molecule has 9 nitrogen and oxygen atoms in total. The minimum Gasteiger partial charge on any atom is -0.494 e. The summed E-state index contributed by atoms with van der Waals surface area (Å²) in [4.78, 5) is 21.4. The molecular formula is C26H26F2N6O3. The predicted molar refractivity (Wildman–Crippen MR) is 138 cm³/mol. The van der Waals surface area contributed by atoms with Gasteiger partial charge in [0.2, 0.25) is 0 Å². The molecule has 192 valence electrons. The fourth-order valence-corrected chi connectivity index (χ4v) is 4.47. The van der Waals surface area contributed by atoms with Crippen molar-refractivity contribution in [1.29, 1.82) is 0 Å². The number of anilines is 5. The quantitative estimate of drug-likeness (QED) is 0.250. The second kappa shape index (κ2) is 9.94. The van der Waals surface area contributed by atoms with Gasteiger partial charge in [0, 0.05) is 36.3 Å². The van der Waals surface area contributed by atoms with Gasteiger partial charge in [-0.25, -0.2) is 8.78 Å². The summed E-state index contributed by atoms with van der Waals surface area (Å²) in [5.41, 5.74) is 8.07. The predicted octanol–water partition coefficient (Wildman–Crippen LogP) is 4.40. The van der Waals surface area contributed by atoms with Crippen molar-refractivity contribution in [2.75, 3.05) is 35.7 Å². The molecule has 11 heteroatoms. The highest BCUT2D eigenvalue weighted by atomic mass is 19.2. The number of H-pyrrole nitrogens is 1. The van der Waals surface area contributed by atoms with Gasteiger partial charge in [0.15, 0.2) is 11.6 Å². The standard InChI is InChI=1S/C26H26F2N6O3/c1-37-24-8-14(34-6-4-15(35)5-7-34)2-3-20(24)32-25-10-16-22(12-30-13-23(16)33-25)31-21-11-19(28)18(27)9-17(21)26(29)36/h2-3,8-13,15,31-33,35H,4-7H2,1H3,(H2,29,36). The van der Waals surface area contributed by atoms with Crippen molar-refractivity contribution >= 4 is 45.4 Å². The number of carbonyl (C=O) groups is 1. The Morgan fingerprint density at radius 3 is 2.57 bits per heavy atom. The molecule has 5 rings (SSSR count). The zero-order valence-corrected chi connectivity index (χ0v) is 20.0. The number of halogens is 2. The van der Waals surface area contributed by atoms with E-state index in [1.54, 1.807) is 13.3 Å². The summed E-state index contributed by atoms with van der Waals surface area (Å²) >= 11 is 0. The monoisotopic (exact) mass is 508 g/mol. The third kappa shape index (κ3) is 4.98. The van der Waals surface area contributed by atoms with Crippen LogP contribution >= 0.6 is 0 Å². The Balaban J connectivity index is 1.42. The van der Waals surface area contributed by atoms with E-state index >= 15 is 0 Å². The lowest BCUT2D eigenvalue weighted by Crippen LogP contribution is -2.35. The third-order valence-corrected chi connectivity index (χ3v) is 6.42. The maximum Gasteiger partial charge on any atom is 0.250 e. The number of carbonyl (C=O) groups excluding carboxylic acids is 1. The molecule has 2 aromatic carbocycles. The van der Waals surface area contributed by atoms with Gasteiger partial charge in [0.05, 0.1) is 53.7 Å². The van der Waals surface area contributed by atoms with E-state index < -0.39 is 17.5 Å². The number of aromatic nitrogens is 2. The van der Waals surface area contributed by atoms with Crippen molar-refractivity contribution in [2.24, 2.45) is 5.73 Å². The van der Waals surface area contributed by atoms with Crippen LogP contribution in [0.4, 0.5) is 37.3 Å². The Morgan fingerprint density at radius 1 is 1.08 bits per heavy atom. The normalized spacial score (nSPS) is 14.1. The second-order valence-electron chi connectivity index (χ2n) is 8.86. The van der Waals surface area contributed by atoms with Crippen LogP contribution < -0.4 is 26.0 Å². The molecule has 1 fully saturated rings. The number of primary amides is 1. The van der Waals surface area contributed by atoms with Crippen molar-refractivity contribution in [3.05, 3.63) is 66.0 Å². The smallest absolute Gasteiger partial charge is 0.250 e. The molecule has 0 bridgehead atoms. The number of hydrogen-bond acceptors (Lipinski definition) is 7. The van der Waals surface area contributed by atoms with Gasteiger partial charge in [-0.1, -0.05) is 0 Å². The minimum absolute atomic E-state index is 0.0268. The number of benzene rings is 2. The number of pyridine rings is 1. The fraction of sp³-hybridized carbons (Fsp3) is 0.231. The van der Waals surface area contributed by atoms with Crippen LogP contribution in [0.3, 0.4) is 0 Å². The lowest BCUT2D eigenvalue weighted by molar-refractivity contribution is 0.100. The van der Waals surface area contributed by atoms with Gasteiger partial charge in [-0.3, -0.25) is 9.78 Å². The van der Waals surface area contributed by atoms with Gasteiger partial charge in [-0.05, 0) is 37.1 Å². The summed E-state index contributed by atoms with van der Waals surface area (Å²) in [6.45, 7) is 1.55. The first-order chi connectivity index (χ1) is 17.8. The van der Waals surface area contributed by atoms with Crippen LogP contribution in [-0.4, -0.2) is 47.3 Å². The molecule has 4 aromatic rings. The summed E-state index contributed by atoms with van der Waals surface area (Å²) < 4.78 is 33.2. The van der Waals surface area contributed by atoms with Gasteiger partial charge >= 0.3 is 0 Å². The highest BCUT2D eigenvalue weighted by Gasteiger charge is 2.19. The zero-order chi connectivity index (χ0) is 26.1. The van der Waals surface area contributed by atoms with Crippen molar-refractivity contribution in [1.82, 2.24) is 9.97 Å². The molecule has 1 amide bonds. The van der Waals surface area contributed by atoms with Crippen molar-refractivity contribution in [3.8, 4) is 5.75 Å². The molecule has 0 radical (unpaired) electrons. The van der Waals surface area contributed by atoms with Crippen LogP contribution in [0.5, 0.6) is 5.75 Å². The van der Waals surface area contributed by atoms with Gasteiger partial charge in [-0.2, -0.15) is 0 Å². The van der Waals surface area contributed by atoms with Gasteiger partial charge < -0.3 is 36.1 Å². The average Bonchev–Trinajstić information content (AvgIpc) is 3.30. The number of nitrogens with one attached hydrogen (secondary N) is 3. The molecule has 3 heterocycles. The van der Waals surface area contributed by atoms with Crippen LogP contribution in [0.15, 0.2) is 48.8 Å². The molecule has 2 aromatic heterocycles. The van der Waals surface area contributed by atoms with Crippen LogP contribution in [0, 0.1) is 11.6 Å². The minimum atomic E-state index is -1.17. The number of aliphatic hydroxyl groups is 1. The summed E-state index contributed by atoms with van der Waals surface area (Å²) in [6.07, 6.45) is 4.34. The van der Waals surface area contributed by atoms with E-state index in [-0.39, 0.29) is 17.4 Å². The molecule has 1 aliphatic rings. The maximum absolute atomic E-state index is 13.9. The van der Waals surface area contributed by atoms with Gasteiger partial charge in [0.1, 0.15) is 11.6 Å². The fourth-order valence-electron chi connectivity index (χ4n) is 4.47. The highest BCUT2D eigenvalue weighted by molar-refractivity contribution is 6.02. The number of nitrogens with zero attached hydrogens (tertiary/aromatic N) is 2. The first kappa shape index (κ1) is 24.3. The number of rotatable bonds is 7. The van der Waals surface area contributed by atoms with Crippen molar-refractivity contribution in [3.63, 3.8) is 0 Å². The lowest BCUT2D eigenvalue weighted by Gasteiger charge is -2.31. The largest absolute Gasteiger partial charge is 0.494 e. The van der Waals surface area contributed by atoms with E-state index in [0.717, 1.165) is 49.4 Å². The van der Waals surface area contributed by atoms with Crippen molar-refractivity contribution < 1.29 is 23.4 Å². The summed E-state index contributed by atoms with van der Waals surface area (Å²) in [5.74, 6) is -1.89. The van der Waals surface area contributed by atoms with Crippen LogP contribution in [0.2, 0.25) is 0 Å². The van der Waals surface area contributed by atoms with E-state index in [0.29, 0.717) is 28.2 Å². The lowest BCUT2D eigenvalue weighted by atomic mass is 10.1. The molecular weight excluding hydrogens is 482 g/mol. The zero-order valence-electron chi connectivity index (χ0n) is 20.0. The molecule has 1 aliphatic heterocycles. The maximum atomic E-state index is 13.9. The molecule has 0 aliphatic carbocycles. The first-order valence-electron chi connectivity index (χ1n) is 11.7. The summed E-state index contributed by atoms with van der Waals surface area (Å²) in [7, 11) is 1.60. The Morgan fingerprint density at radius 2 is 1.84 bits per heavy atom. The van der Waals surface area contributed by atoms with E-state index in [2.05, 4.69) is 25.5 Å². The average molecular weight is 509 g/mol. The number of methoxy groups -OCH3 is 1.